The van der Waals surface area contributed by atoms with Crippen LogP contribution in [-0.2, 0) is 14.3 Å². The minimum Gasteiger partial charge on any atom is -0.490 e. The van der Waals surface area contributed by atoms with E-state index in [4.69, 9.17) is 18.7 Å². The van der Waals surface area contributed by atoms with Crippen molar-refractivity contribution in [1.82, 2.24) is 15.4 Å². The van der Waals surface area contributed by atoms with E-state index >= 15 is 0 Å². The average Bonchev–Trinajstić information content (AvgIpc) is 3.28. The Bertz CT molecular complexity index is 1090. The van der Waals surface area contributed by atoms with E-state index in [1.165, 1.54) is 6.07 Å². The molecule has 1 aromatic carbocycles. The molecule has 1 aromatic heterocycles. The van der Waals surface area contributed by atoms with Gasteiger partial charge in [-0.2, -0.15) is 0 Å². The number of rotatable bonds is 7. The fourth-order valence-corrected chi connectivity index (χ4v) is 4.35. The summed E-state index contributed by atoms with van der Waals surface area (Å²) < 4.78 is 22.0. The molecule has 0 saturated carbocycles. The van der Waals surface area contributed by atoms with Crippen LogP contribution in [0.25, 0.3) is 0 Å². The SMILES string of the molecule is COCCNC(=O)C[C@@H]1CC[C@@H]2[C@H](COc3ccc(NC(=O)c4cc(C)on4)cc3C(=O)N2C)O1. The third kappa shape index (κ3) is 5.80. The lowest BCUT2D eigenvalue weighted by molar-refractivity contribution is -0.134. The van der Waals surface area contributed by atoms with Gasteiger partial charge in [-0.25, -0.2) is 0 Å². The second-order valence-electron chi connectivity index (χ2n) is 8.70. The molecular weight excluding hydrogens is 456 g/mol. The van der Waals surface area contributed by atoms with Crippen molar-refractivity contribution in [3.8, 4) is 5.75 Å². The zero-order valence-electron chi connectivity index (χ0n) is 20.0. The summed E-state index contributed by atoms with van der Waals surface area (Å²) >= 11 is 0. The maximum absolute atomic E-state index is 13.3. The number of aromatic nitrogens is 1. The van der Waals surface area contributed by atoms with Gasteiger partial charge in [0.1, 0.15) is 24.2 Å². The number of nitrogens with one attached hydrogen (secondary N) is 2. The topological polar surface area (TPSA) is 132 Å². The molecule has 1 saturated heterocycles. The minimum absolute atomic E-state index is 0.0950. The number of ether oxygens (including phenoxy) is 3. The van der Waals surface area contributed by atoms with Crippen molar-refractivity contribution >= 4 is 23.4 Å². The molecule has 1 fully saturated rings. The number of likely N-dealkylation sites (N-methyl/N-ethyl adjacent to an activating group) is 1. The number of hydrogen-bond acceptors (Lipinski definition) is 8. The number of benzene rings is 1. The van der Waals surface area contributed by atoms with Crippen LogP contribution in [0.15, 0.2) is 28.8 Å². The lowest BCUT2D eigenvalue weighted by Crippen LogP contribution is -2.54. The van der Waals surface area contributed by atoms with Gasteiger partial charge in [-0.3, -0.25) is 14.4 Å². The van der Waals surface area contributed by atoms with Gasteiger partial charge in [0.2, 0.25) is 5.91 Å². The van der Waals surface area contributed by atoms with Crippen molar-refractivity contribution in [1.29, 1.82) is 0 Å². The Hall–Kier alpha value is -3.44. The lowest BCUT2D eigenvalue weighted by atomic mass is 9.94. The van der Waals surface area contributed by atoms with Gasteiger partial charge in [0.15, 0.2) is 5.69 Å². The highest BCUT2D eigenvalue weighted by atomic mass is 16.5. The molecule has 2 aliphatic heterocycles. The van der Waals surface area contributed by atoms with Crippen LogP contribution in [0.3, 0.4) is 0 Å². The van der Waals surface area contributed by atoms with Crippen LogP contribution in [0, 0.1) is 6.92 Å². The summed E-state index contributed by atoms with van der Waals surface area (Å²) in [5, 5.41) is 9.25. The van der Waals surface area contributed by atoms with Crippen LogP contribution in [-0.4, -0.2) is 79.9 Å². The summed E-state index contributed by atoms with van der Waals surface area (Å²) in [6, 6.07) is 6.24. The van der Waals surface area contributed by atoms with Crippen LogP contribution in [0.2, 0.25) is 0 Å². The van der Waals surface area contributed by atoms with Crippen LogP contribution in [0.4, 0.5) is 5.69 Å². The molecule has 0 spiro atoms. The standard InChI is InChI=1S/C24H30N4O7/c1-14-10-18(27-35-14)23(30)26-15-4-7-20-17(11-15)24(31)28(2)19-6-5-16(34-21(19)13-33-20)12-22(29)25-8-9-32-3/h4,7,10-11,16,19,21H,5-6,8-9,12-13H2,1-3H3,(H,25,29)(H,26,30)/t16-,19+,21-/m0/s1. The number of carbonyl (C=O) groups is 3. The third-order valence-electron chi connectivity index (χ3n) is 6.17. The Morgan fingerprint density at radius 2 is 2.09 bits per heavy atom. The molecule has 0 unspecified atom stereocenters. The highest BCUT2D eigenvalue weighted by molar-refractivity contribution is 6.04. The number of carbonyl (C=O) groups excluding carboxylic acids is 3. The molecule has 2 aromatic rings. The maximum atomic E-state index is 13.3. The molecule has 2 aliphatic rings. The first-order valence-electron chi connectivity index (χ1n) is 11.6. The third-order valence-corrected chi connectivity index (χ3v) is 6.17. The summed E-state index contributed by atoms with van der Waals surface area (Å²) in [6.07, 6.45) is 0.968. The number of hydrogen-bond donors (Lipinski definition) is 2. The second-order valence-corrected chi connectivity index (χ2v) is 8.70. The van der Waals surface area contributed by atoms with Gasteiger partial charge in [-0.05, 0) is 38.0 Å². The van der Waals surface area contributed by atoms with Gasteiger partial charge in [0.25, 0.3) is 11.8 Å². The molecular formula is C24H30N4O7. The van der Waals surface area contributed by atoms with Crippen LogP contribution in [0.1, 0.15) is 45.9 Å². The molecule has 0 bridgehead atoms. The van der Waals surface area contributed by atoms with E-state index in [9.17, 15) is 14.4 Å². The Balaban J connectivity index is 1.43. The van der Waals surface area contributed by atoms with Crippen molar-refractivity contribution in [3.05, 3.63) is 41.3 Å². The largest absolute Gasteiger partial charge is 0.490 e. The van der Waals surface area contributed by atoms with E-state index in [-0.39, 0.29) is 48.8 Å². The van der Waals surface area contributed by atoms with Crippen LogP contribution in [0.5, 0.6) is 5.75 Å². The first kappa shape index (κ1) is 24.7. The molecule has 3 heterocycles. The average molecular weight is 487 g/mol. The molecule has 11 nitrogen and oxygen atoms in total. The molecule has 35 heavy (non-hydrogen) atoms. The number of nitrogens with zero attached hydrogens (tertiary/aromatic N) is 2. The minimum atomic E-state index is -0.438. The number of amides is 3. The Kier molecular flexibility index (Phi) is 7.67. The Morgan fingerprint density at radius 1 is 1.26 bits per heavy atom. The predicted molar refractivity (Wildman–Crippen MR) is 124 cm³/mol. The molecule has 11 heteroatoms. The monoisotopic (exact) mass is 486 g/mol. The number of aryl methyl sites for hydroxylation is 1. The first-order chi connectivity index (χ1) is 16.9. The summed E-state index contributed by atoms with van der Waals surface area (Å²) in [6.45, 7) is 2.84. The first-order valence-corrected chi connectivity index (χ1v) is 11.6. The van der Waals surface area contributed by atoms with Gasteiger partial charge in [-0.15, -0.1) is 0 Å². The highest BCUT2D eigenvalue weighted by Gasteiger charge is 2.39. The normalized spacial score (nSPS) is 21.7. The van der Waals surface area contributed by atoms with E-state index in [0.717, 1.165) is 0 Å². The molecule has 2 N–H and O–H groups in total. The van der Waals surface area contributed by atoms with Gasteiger partial charge >= 0.3 is 0 Å². The fourth-order valence-electron chi connectivity index (χ4n) is 4.35. The predicted octanol–water partition coefficient (Wildman–Crippen LogP) is 1.77. The van der Waals surface area contributed by atoms with Gasteiger partial charge < -0.3 is 34.3 Å². The molecule has 4 rings (SSSR count). The van der Waals surface area contributed by atoms with E-state index in [1.807, 2.05) is 0 Å². The van der Waals surface area contributed by atoms with Crippen molar-refractivity contribution in [2.45, 2.75) is 44.4 Å². The zero-order valence-corrected chi connectivity index (χ0v) is 20.0. The molecule has 0 aliphatic carbocycles. The summed E-state index contributed by atoms with van der Waals surface area (Å²) in [5.41, 5.74) is 0.939. The Labute approximate surface area is 203 Å². The maximum Gasteiger partial charge on any atom is 0.277 e. The molecule has 188 valence electrons. The van der Waals surface area contributed by atoms with Gasteiger partial charge in [-0.1, -0.05) is 5.16 Å². The van der Waals surface area contributed by atoms with Crippen molar-refractivity contribution in [2.24, 2.45) is 0 Å². The number of methoxy groups -OCH3 is 1. The Morgan fingerprint density at radius 3 is 2.83 bits per heavy atom. The van der Waals surface area contributed by atoms with Crippen molar-refractivity contribution in [2.75, 3.05) is 39.2 Å². The molecule has 3 amide bonds. The summed E-state index contributed by atoms with van der Waals surface area (Å²) in [5.74, 6) is 0.160. The van der Waals surface area contributed by atoms with Gasteiger partial charge in [0.05, 0.1) is 30.7 Å². The van der Waals surface area contributed by atoms with Gasteiger partial charge in [0, 0.05) is 32.5 Å². The quantitative estimate of drug-likeness (QED) is 0.566. The van der Waals surface area contributed by atoms with E-state index in [1.54, 1.807) is 44.2 Å². The van der Waals surface area contributed by atoms with E-state index < -0.39 is 5.91 Å². The molecule has 0 radical (unpaired) electrons. The van der Waals surface area contributed by atoms with Crippen molar-refractivity contribution in [3.63, 3.8) is 0 Å². The number of fused-ring (bicyclic) bond motifs is 2. The summed E-state index contributed by atoms with van der Waals surface area (Å²) in [7, 11) is 3.32. The highest BCUT2D eigenvalue weighted by Crippen LogP contribution is 2.32. The van der Waals surface area contributed by atoms with E-state index in [2.05, 4.69) is 15.8 Å². The van der Waals surface area contributed by atoms with Crippen LogP contribution >= 0.6 is 0 Å². The van der Waals surface area contributed by atoms with E-state index in [0.29, 0.717) is 48.8 Å². The molecule has 3 atom stereocenters. The number of anilines is 1. The summed E-state index contributed by atoms with van der Waals surface area (Å²) in [4.78, 5) is 39.6. The fraction of sp³-hybridized carbons (Fsp3) is 0.500. The zero-order chi connectivity index (χ0) is 24.9. The lowest BCUT2D eigenvalue weighted by Gasteiger charge is -2.42. The van der Waals surface area contributed by atoms with Crippen LogP contribution < -0.4 is 15.4 Å². The smallest absolute Gasteiger partial charge is 0.277 e. The second kappa shape index (κ2) is 10.9. The van der Waals surface area contributed by atoms with Crippen molar-refractivity contribution < 1.29 is 33.1 Å².